The Balaban J connectivity index is 2.32. The number of carbonyl (C=O) groups excluding carboxylic acids is 2. The van der Waals surface area contributed by atoms with Gasteiger partial charge in [-0.3, -0.25) is 4.79 Å². The lowest BCUT2D eigenvalue weighted by atomic mass is 10.1. The molecule has 1 N–H and O–H groups in total. The molecule has 0 spiro atoms. The number of aryl methyl sites for hydroxylation is 2. The van der Waals surface area contributed by atoms with E-state index in [0.29, 0.717) is 16.8 Å². The molecule has 0 aromatic heterocycles. The molecular weight excluding hydrogens is 310 g/mol. The van der Waals surface area contributed by atoms with Crippen LogP contribution in [0.2, 0.25) is 0 Å². The number of esters is 1. The molecule has 0 aliphatic rings. The largest absolute Gasteiger partial charge is 0.465 e. The number of carbonyl (C=O) groups is 2. The molecule has 120 valence electrons. The first-order valence-electron chi connectivity index (χ1n) is 7.11. The maximum absolute atomic E-state index is 12.6. The minimum Gasteiger partial charge on any atom is -0.465 e. The molecular formula is C18H19NO3S. The zero-order chi connectivity index (χ0) is 17.0. The highest BCUT2D eigenvalue weighted by molar-refractivity contribution is 7.98. The third-order valence-electron chi connectivity index (χ3n) is 3.60. The Labute approximate surface area is 140 Å². The van der Waals surface area contributed by atoms with Gasteiger partial charge in [0.25, 0.3) is 5.91 Å². The van der Waals surface area contributed by atoms with Crippen LogP contribution in [-0.4, -0.2) is 25.2 Å². The third kappa shape index (κ3) is 3.93. The number of nitrogens with one attached hydrogen (secondary N) is 1. The number of hydrogen-bond donors (Lipinski definition) is 1. The van der Waals surface area contributed by atoms with Crippen LogP contribution >= 0.6 is 11.8 Å². The van der Waals surface area contributed by atoms with Crippen LogP contribution in [-0.2, 0) is 4.74 Å². The van der Waals surface area contributed by atoms with E-state index in [-0.39, 0.29) is 5.91 Å². The molecule has 23 heavy (non-hydrogen) atoms. The van der Waals surface area contributed by atoms with Gasteiger partial charge in [0.2, 0.25) is 0 Å². The molecule has 0 saturated carbocycles. The quantitative estimate of drug-likeness (QED) is 0.679. The molecule has 2 aromatic carbocycles. The summed E-state index contributed by atoms with van der Waals surface area (Å²) in [5.41, 5.74) is 3.42. The van der Waals surface area contributed by atoms with Gasteiger partial charge in [0.1, 0.15) is 0 Å². The molecule has 5 heteroatoms. The summed E-state index contributed by atoms with van der Waals surface area (Å²) in [5.74, 6) is -0.621. The first kappa shape index (κ1) is 17.1. The van der Waals surface area contributed by atoms with Gasteiger partial charge in [-0.2, -0.15) is 0 Å². The summed E-state index contributed by atoms with van der Waals surface area (Å²) < 4.78 is 4.72. The Hall–Kier alpha value is -2.27. The van der Waals surface area contributed by atoms with Crippen molar-refractivity contribution in [1.82, 2.24) is 0 Å². The highest BCUT2D eigenvalue weighted by Crippen LogP contribution is 2.22. The second-order valence-corrected chi connectivity index (χ2v) is 6.04. The summed E-state index contributed by atoms with van der Waals surface area (Å²) in [5, 5.41) is 2.88. The number of hydrogen-bond acceptors (Lipinski definition) is 4. The van der Waals surface area contributed by atoms with Gasteiger partial charge < -0.3 is 10.1 Å². The maximum Gasteiger partial charge on any atom is 0.337 e. The first-order chi connectivity index (χ1) is 11.0. The molecule has 1 amide bonds. The van der Waals surface area contributed by atoms with Crippen LogP contribution in [0.3, 0.4) is 0 Å². The van der Waals surface area contributed by atoms with E-state index in [4.69, 9.17) is 4.74 Å². The maximum atomic E-state index is 12.6. The number of amides is 1. The van der Waals surface area contributed by atoms with Gasteiger partial charge in [-0.05, 0) is 55.5 Å². The van der Waals surface area contributed by atoms with Crippen molar-refractivity contribution in [2.24, 2.45) is 0 Å². The Morgan fingerprint density at radius 1 is 1.04 bits per heavy atom. The van der Waals surface area contributed by atoms with Gasteiger partial charge in [-0.1, -0.05) is 12.1 Å². The number of ether oxygens (including phenoxy) is 1. The fourth-order valence-electron chi connectivity index (χ4n) is 2.16. The SMILES string of the molecule is COC(=O)c1ccc(C)c(NC(=O)c2cc(SC)ccc2C)c1. The van der Waals surface area contributed by atoms with Crippen molar-refractivity contribution in [2.45, 2.75) is 18.7 Å². The normalized spacial score (nSPS) is 10.3. The van der Waals surface area contributed by atoms with E-state index in [1.54, 1.807) is 30.0 Å². The smallest absolute Gasteiger partial charge is 0.337 e. The number of anilines is 1. The van der Waals surface area contributed by atoms with E-state index in [2.05, 4.69) is 5.32 Å². The van der Waals surface area contributed by atoms with Gasteiger partial charge in [-0.15, -0.1) is 11.8 Å². The van der Waals surface area contributed by atoms with Gasteiger partial charge >= 0.3 is 5.97 Å². The van der Waals surface area contributed by atoms with Crippen molar-refractivity contribution in [3.05, 3.63) is 58.7 Å². The van der Waals surface area contributed by atoms with Crippen LogP contribution in [0.15, 0.2) is 41.3 Å². The fraction of sp³-hybridized carbons (Fsp3) is 0.222. The number of thioether (sulfide) groups is 1. The first-order valence-corrected chi connectivity index (χ1v) is 8.33. The fourth-order valence-corrected chi connectivity index (χ4v) is 2.60. The molecule has 0 bridgehead atoms. The summed E-state index contributed by atoms with van der Waals surface area (Å²) in [6.07, 6.45) is 1.97. The molecule has 0 fully saturated rings. The summed E-state index contributed by atoms with van der Waals surface area (Å²) in [4.78, 5) is 25.2. The summed E-state index contributed by atoms with van der Waals surface area (Å²) in [7, 11) is 1.33. The van der Waals surface area contributed by atoms with Crippen molar-refractivity contribution in [2.75, 3.05) is 18.7 Å². The van der Waals surface area contributed by atoms with Crippen LogP contribution in [0.5, 0.6) is 0 Å². The van der Waals surface area contributed by atoms with Crippen molar-refractivity contribution in [3.8, 4) is 0 Å². The average Bonchev–Trinajstić information content (AvgIpc) is 2.56. The van der Waals surface area contributed by atoms with Crippen LogP contribution in [0.25, 0.3) is 0 Å². The molecule has 4 nitrogen and oxygen atoms in total. The van der Waals surface area contributed by atoms with E-state index in [1.807, 2.05) is 38.3 Å². The standard InChI is InChI=1S/C18H19NO3S/c1-11-6-8-14(23-4)10-15(11)17(20)19-16-9-13(18(21)22-3)7-5-12(16)2/h5-10H,1-4H3,(H,19,20). The second-order valence-electron chi connectivity index (χ2n) is 5.16. The van der Waals surface area contributed by atoms with Crippen LogP contribution in [0, 0.1) is 13.8 Å². The zero-order valence-corrected chi connectivity index (χ0v) is 14.4. The van der Waals surface area contributed by atoms with E-state index < -0.39 is 5.97 Å². The Kier molecular flexibility index (Phi) is 5.45. The van der Waals surface area contributed by atoms with Crippen LogP contribution in [0.1, 0.15) is 31.8 Å². The van der Waals surface area contributed by atoms with Crippen molar-refractivity contribution in [1.29, 1.82) is 0 Å². The molecule has 2 rings (SSSR count). The van der Waals surface area contributed by atoms with Crippen LogP contribution < -0.4 is 5.32 Å². The number of benzene rings is 2. The van der Waals surface area contributed by atoms with Crippen molar-refractivity contribution in [3.63, 3.8) is 0 Å². The average molecular weight is 329 g/mol. The molecule has 0 heterocycles. The molecule has 0 atom stereocenters. The lowest BCUT2D eigenvalue weighted by Gasteiger charge is -2.12. The number of rotatable bonds is 4. The topological polar surface area (TPSA) is 55.4 Å². The van der Waals surface area contributed by atoms with Crippen molar-refractivity contribution >= 4 is 29.3 Å². The highest BCUT2D eigenvalue weighted by Gasteiger charge is 2.13. The molecule has 2 aromatic rings. The van der Waals surface area contributed by atoms with E-state index in [0.717, 1.165) is 16.0 Å². The number of methoxy groups -OCH3 is 1. The van der Waals surface area contributed by atoms with E-state index in [1.165, 1.54) is 7.11 Å². The van der Waals surface area contributed by atoms with Gasteiger partial charge in [0.15, 0.2) is 0 Å². The molecule has 0 saturated heterocycles. The van der Waals surface area contributed by atoms with Crippen LogP contribution in [0.4, 0.5) is 5.69 Å². The summed E-state index contributed by atoms with van der Waals surface area (Å²) in [6.45, 7) is 3.78. The Morgan fingerprint density at radius 3 is 2.39 bits per heavy atom. The second kappa shape index (κ2) is 7.33. The Morgan fingerprint density at radius 2 is 1.74 bits per heavy atom. The lowest BCUT2D eigenvalue weighted by molar-refractivity contribution is 0.0600. The Bertz CT molecular complexity index is 756. The highest BCUT2D eigenvalue weighted by atomic mass is 32.2. The van der Waals surface area contributed by atoms with Gasteiger partial charge in [0.05, 0.1) is 12.7 Å². The van der Waals surface area contributed by atoms with E-state index in [9.17, 15) is 9.59 Å². The molecule has 0 unspecified atom stereocenters. The van der Waals surface area contributed by atoms with Gasteiger partial charge in [0, 0.05) is 16.1 Å². The van der Waals surface area contributed by atoms with Gasteiger partial charge in [-0.25, -0.2) is 4.79 Å². The minimum absolute atomic E-state index is 0.191. The minimum atomic E-state index is -0.430. The molecule has 0 radical (unpaired) electrons. The third-order valence-corrected chi connectivity index (χ3v) is 4.32. The predicted molar refractivity (Wildman–Crippen MR) is 93.4 cm³/mol. The van der Waals surface area contributed by atoms with E-state index >= 15 is 0 Å². The zero-order valence-electron chi connectivity index (χ0n) is 13.6. The molecule has 0 aliphatic carbocycles. The molecule has 0 aliphatic heterocycles. The predicted octanol–water partition coefficient (Wildman–Crippen LogP) is 4.06. The summed E-state index contributed by atoms with van der Waals surface area (Å²) in [6, 6.07) is 10.9. The monoisotopic (exact) mass is 329 g/mol. The summed E-state index contributed by atoms with van der Waals surface area (Å²) >= 11 is 1.59. The lowest BCUT2D eigenvalue weighted by Crippen LogP contribution is -2.15. The van der Waals surface area contributed by atoms with Crippen molar-refractivity contribution < 1.29 is 14.3 Å².